The van der Waals surface area contributed by atoms with Gasteiger partial charge in [-0.15, -0.1) is 0 Å². The Morgan fingerprint density at radius 1 is 1.15 bits per heavy atom. The molecule has 0 atom stereocenters. The zero-order chi connectivity index (χ0) is 18.6. The first-order chi connectivity index (χ1) is 13.2. The fourth-order valence-electron chi connectivity index (χ4n) is 3.21. The van der Waals surface area contributed by atoms with Crippen molar-refractivity contribution in [3.8, 4) is 5.75 Å². The molecule has 0 saturated carbocycles. The summed E-state index contributed by atoms with van der Waals surface area (Å²) in [6.07, 6.45) is 3.36. The number of morpholine rings is 1. The lowest BCUT2D eigenvalue weighted by Gasteiger charge is -2.33. The highest BCUT2D eigenvalue weighted by atomic mass is 16.5. The standard InChI is InChI=1S/C20H22N4O3/c21-15-4-5-18-17(13-15)24(8-7-23-9-11-26-12-10-23)20(25)19(27-18)14-16-3-1-2-6-22-16/h1-6,13-14H,7-12,21H2/b19-14+. The van der Waals surface area contributed by atoms with Crippen molar-refractivity contribution in [2.75, 3.05) is 50.0 Å². The molecule has 2 aliphatic rings. The highest BCUT2D eigenvalue weighted by molar-refractivity contribution is 6.10. The predicted molar refractivity (Wildman–Crippen MR) is 103 cm³/mol. The number of carbonyl (C=O) groups excluding carboxylic acids is 1. The highest BCUT2D eigenvalue weighted by Crippen LogP contribution is 2.37. The lowest BCUT2D eigenvalue weighted by Crippen LogP contribution is -2.45. The molecular formula is C20H22N4O3. The van der Waals surface area contributed by atoms with Crippen molar-refractivity contribution in [3.63, 3.8) is 0 Å². The summed E-state index contributed by atoms with van der Waals surface area (Å²) >= 11 is 0. The Balaban J connectivity index is 1.61. The summed E-state index contributed by atoms with van der Waals surface area (Å²) in [5.74, 6) is 0.688. The number of aromatic nitrogens is 1. The van der Waals surface area contributed by atoms with Crippen LogP contribution in [0.1, 0.15) is 5.69 Å². The van der Waals surface area contributed by atoms with E-state index in [1.807, 2.05) is 18.2 Å². The molecule has 4 rings (SSSR count). The van der Waals surface area contributed by atoms with Crippen LogP contribution in [-0.4, -0.2) is 55.2 Å². The summed E-state index contributed by atoms with van der Waals surface area (Å²) in [7, 11) is 0. The lowest BCUT2D eigenvalue weighted by molar-refractivity contribution is -0.117. The Hall–Kier alpha value is -2.90. The number of carbonyl (C=O) groups is 1. The van der Waals surface area contributed by atoms with Gasteiger partial charge in [-0.05, 0) is 30.3 Å². The third kappa shape index (κ3) is 3.94. The number of hydrogen-bond donors (Lipinski definition) is 1. The summed E-state index contributed by atoms with van der Waals surface area (Å²) in [6.45, 7) is 4.52. The Bertz CT molecular complexity index is 848. The van der Waals surface area contributed by atoms with Crippen LogP contribution in [0.25, 0.3) is 6.08 Å². The van der Waals surface area contributed by atoms with E-state index in [9.17, 15) is 4.79 Å². The van der Waals surface area contributed by atoms with Crippen molar-refractivity contribution in [2.24, 2.45) is 0 Å². The van der Waals surface area contributed by atoms with Gasteiger partial charge in [0, 0.05) is 44.1 Å². The molecule has 1 aromatic heterocycles. The molecule has 1 aromatic carbocycles. The van der Waals surface area contributed by atoms with Gasteiger partial charge in [-0.25, -0.2) is 0 Å². The van der Waals surface area contributed by atoms with Gasteiger partial charge in [0.2, 0.25) is 0 Å². The zero-order valence-electron chi connectivity index (χ0n) is 15.0. The highest BCUT2D eigenvalue weighted by Gasteiger charge is 2.31. The predicted octanol–water partition coefficient (Wildman–Crippen LogP) is 1.76. The Morgan fingerprint density at radius 3 is 2.78 bits per heavy atom. The van der Waals surface area contributed by atoms with Gasteiger partial charge in [0.25, 0.3) is 5.91 Å². The molecule has 2 aromatic rings. The number of anilines is 2. The van der Waals surface area contributed by atoms with E-state index in [0.717, 1.165) is 32.8 Å². The van der Waals surface area contributed by atoms with E-state index in [2.05, 4.69) is 9.88 Å². The van der Waals surface area contributed by atoms with Crippen molar-refractivity contribution in [3.05, 3.63) is 54.0 Å². The summed E-state index contributed by atoms with van der Waals surface area (Å²) in [6, 6.07) is 10.9. The SMILES string of the molecule is Nc1ccc2c(c1)N(CCN1CCOCC1)C(=O)/C(=C\c1ccccn1)O2. The average molecular weight is 366 g/mol. The van der Waals surface area contributed by atoms with E-state index >= 15 is 0 Å². The molecule has 2 aliphatic heterocycles. The summed E-state index contributed by atoms with van der Waals surface area (Å²) in [5, 5.41) is 0. The van der Waals surface area contributed by atoms with E-state index in [1.54, 1.807) is 35.4 Å². The summed E-state index contributed by atoms with van der Waals surface area (Å²) in [5.41, 5.74) is 7.91. The molecule has 140 valence electrons. The molecule has 0 spiro atoms. The van der Waals surface area contributed by atoms with E-state index in [1.165, 1.54) is 0 Å². The minimum atomic E-state index is -0.188. The van der Waals surface area contributed by atoms with E-state index < -0.39 is 0 Å². The van der Waals surface area contributed by atoms with Crippen LogP contribution in [-0.2, 0) is 9.53 Å². The van der Waals surface area contributed by atoms with Gasteiger partial charge in [-0.3, -0.25) is 14.7 Å². The number of rotatable bonds is 4. The van der Waals surface area contributed by atoms with E-state index in [0.29, 0.717) is 29.4 Å². The minimum absolute atomic E-state index is 0.188. The monoisotopic (exact) mass is 366 g/mol. The van der Waals surface area contributed by atoms with Gasteiger partial charge in [0.05, 0.1) is 24.6 Å². The topological polar surface area (TPSA) is 80.9 Å². The van der Waals surface area contributed by atoms with Gasteiger partial charge in [-0.1, -0.05) is 6.07 Å². The normalized spacial score (nSPS) is 19.0. The van der Waals surface area contributed by atoms with E-state index in [-0.39, 0.29) is 11.7 Å². The third-order valence-corrected chi connectivity index (χ3v) is 4.66. The molecule has 1 amide bonds. The van der Waals surface area contributed by atoms with Crippen LogP contribution in [0.2, 0.25) is 0 Å². The molecule has 0 bridgehead atoms. The second kappa shape index (κ2) is 7.77. The first-order valence-corrected chi connectivity index (χ1v) is 9.03. The maximum atomic E-state index is 13.1. The van der Waals surface area contributed by atoms with Crippen molar-refractivity contribution < 1.29 is 14.3 Å². The zero-order valence-corrected chi connectivity index (χ0v) is 15.0. The van der Waals surface area contributed by atoms with Gasteiger partial charge >= 0.3 is 0 Å². The number of nitrogens with two attached hydrogens (primary N) is 1. The molecular weight excluding hydrogens is 344 g/mol. The van der Waals surface area contributed by atoms with Gasteiger partial charge in [-0.2, -0.15) is 0 Å². The number of hydrogen-bond acceptors (Lipinski definition) is 6. The van der Waals surface area contributed by atoms with E-state index in [4.69, 9.17) is 15.2 Å². The molecule has 3 heterocycles. The Kier molecular flexibility index (Phi) is 5.04. The van der Waals surface area contributed by atoms with Crippen LogP contribution in [0, 0.1) is 0 Å². The molecule has 2 N–H and O–H groups in total. The first-order valence-electron chi connectivity index (χ1n) is 9.03. The molecule has 0 radical (unpaired) electrons. The smallest absolute Gasteiger partial charge is 0.294 e. The number of pyridine rings is 1. The van der Waals surface area contributed by atoms with Gasteiger partial charge in [0.15, 0.2) is 11.5 Å². The maximum Gasteiger partial charge on any atom is 0.294 e. The van der Waals surface area contributed by atoms with Crippen LogP contribution in [0.4, 0.5) is 11.4 Å². The number of nitrogen functional groups attached to an aromatic ring is 1. The molecule has 27 heavy (non-hydrogen) atoms. The maximum absolute atomic E-state index is 13.1. The fourth-order valence-corrected chi connectivity index (χ4v) is 3.21. The molecule has 0 unspecified atom stereocenters. The average Bonchev–Trinajstić information content (AvgIpc) is 2.70. The summed E-state index contributed by atoms with van der Waals surface area (Å²) in [4.78, 5) is 21.4. The second-order valence-corrected chi connectivity index (χ2v) is 6.50. The number of nitrogens with zero attached hydrogens (tertiary/aromatic N) is 3. The van der Waals surface area contributed by atoms with Crippen LogP contribution in [0.5, 0.6) is 5.75 Å². The van der Waals surface area contributed by atoms with Crippen molar-refractivity contribution in [2.45, 2.75) is 0 Å². The van der Waals surface area contributed by atoms with Gasteiger partial charge in [0.1, 0.15) is 0 Å². The lowest BCUT2D eigenvalue weighted by atomic mass is 10.1. The number of fused-ring (bicyclic) bond motifs is 1. The van der Waals surface area contributed by atoms with Gasteiger partial charge < -0.3 is 20.1 Å². The molecule has 7 nitrogen and oxygen atoms in total. The molecule has 1 fully saturated rings. The quantitative estimate of drug-likeness (QED) is 0.656. The molecule has 0 aliphatic carbocycles. The second-order valence-electron chi connectivity index (χ2n) is 6.50. The van der Waals surface area contributed by atoms with Crippen molar-refractivity contribution >= 4 is 23.4 Å². The number of benzene rings is 1. The van der Waals surface area contributed by atoms with Crippen LogP contribution >= 0.6 is 0 Å². The van der Waals surface area contributed by atoms with Crippen LogP contribution in [0.15, 0.2) is 48.4 Å². The largest absolute Gasteiger partial charge is 0.449 e. The Morgan fingerprint density at radius 2 is 2.00 bits per heavy atom. The number of amides is 1. The fraction of sp³-hybridized carbons (Fsp3) is 0.300. The van der Waals surface area contributed by atoms with Crippen LogP contribution < -0.4 is 15.4 Å². The van der Waals surface area contributed by atoms with Crippen LogP contribution in [0.3, 0.4) is 0 Å². The third-order valence-electron chi connectivity index (χ3n) is 4.66. The summed E-state index contributed by atoms with van der Waals surface area (Å²) < 4.78 is 11.3. The molecule has 1 saturated heterocycles. The molecule has 7 heteroatoms. The minimum Gasteiger partial charge on any atom is -0.449 e. The first kappa shape index (κ1) is 17.5. The van der Waals surface area contributed by atoms with Crippen molar-refractivity contribution in [1.29, 1.82) is 0 Å². The number of ether oxygens (including phenoxy) is 2. The Labute approximate surface area is 158 Å². The van der Waals surface area contributed by atoms with Crippen molar-refractivity contribution in [1.82, 2.24) is 9.88 Å².